The highest BCUT2D eigenvalue weighted by atomic mass is 14.9. The fourth-order valence-corrected chi connectivity index (χ4v) is 2.02. The first kappa shape index (κ1) is 5.05. The number of aromatic nitrogens is 1. The molecular weight excluding hydrogens is 230 g/mol. The first-order chi connectivity index (χ1) is 13.7. The molecule has 2 rings (SSSR count). The van der Waals surface area contributed by atoms with E-state index < -0.39 is 32.8 Å². The van der Waals surface area contributed by atoms with Crippen molar-refractivity contribution in [3.05, 3.63) is 53.2 Å². The second-order valence-electron chi connectivity index (χ2n) is 4.69. The lowest BCUT2D eigenvalue weighted by molar-refractivity contribution is -0.660. The van der Waals surface area contributed by atoms with Crippen LogP contribution in [-0.2, 0) is 12.5 Å². The Bertz CT molecular complexity index is 927. The Morgan fingerprint density at radius 3 is 2.53 bits per heavy atom. The zero-order chi connectivity index (χ0) is 24.2. The fourth-order valence-electron chi connectivity index (χ4n) is 2.02. The summed E-state index contributed by atoms with van der Waals surface area (Å²) in [7, 11) is 1.64. The lowest BCUT2D eigenvalue weighted by atomic mass is 9.86. The molecule has 2 aromatic rings. The zero-order valence-electron chi connectivity index (χ0n) is 22.9. The van der Waals surface area contributed by atoms with Crippen molar-refractivity contribution in [2.24, 2.45) is 7.05 Å². The largest absolute Gasteiger partial charge is 0.212 e. The molecule has 0 aliphatic rings. The molecule has 0 atom stereocenters. The highest BCUT2D eigenvalue weighted by Gasteiger charge is 2.19. The Morgan fingerprint density at radius 1 is 1.11 bits per heavy atom. The van der Waals surface area contributed by atoms with E-state index in [1.807, 2.05) is 0 Å². The van der Waals surface area contributed by atoms with E-state index in [-0.39, 0.29) is 11.1 Å². The molecule has 0 saturated heterocycles. The summed E-state index contributed by atoms with van der Waals surface area (Å²) in [5.41, 5.74) is -1.91. The van der Waals surface area contributed by atoms with Gasteiger partial charge in [-0.05, 0) is 36.4 Å². The van der Waals surface area contributed by atoms with Crippen molar-refractivity contribution in [1.29, 1.82) is 0 Å². The Kier molecular flexibility index (Phi) is 1.28. The van der Waals surface area contributed by atoms with Gasteiger partial charge in [-0.2, -0.15) is 0 Å². The summed E-state index contributed by atoms with van der Waals surface area (Å²) in [6.45, 7) is -10.7. The molecule has 0 radical (unpaired) electrons. The van der Waals surface area contributed by atoms with Crippen LogP contribution < -0.4 is 4.57 Å². The zero-order valence-corrected chi connectivity index (χ0v) is 10.9. The van der Waals surface area contributed by atoms with Crippen LogP contribution in [0.5, 0.6) is 0 Å². The van der Waals surface area contributed by atoms with E-state index in [2.05, 4.69) is 0 Å². The van der Waals surface area contributed by atoms with Crippen LogP contribution in [0, 0.1) is 13.8 Å². The third-order valence-corrected chi connectivity index (χ3v) is 3.09. The van der Waals surface area contributed by atoms with Gasteiger partial charge in [0.05, 0.1) is 0 Å². The summed E-state index contributed by atoms with van der Waals surface area (Å²) in [6.07, 6.45) is 1.40. The predicted molar refractivity (Wildman–Crippen MR) is 81.2 cm³/mol. The van der Waals surface area contributed by atoms with Gasteiger partial charge >= 0.3 is 0 Å². The number of rotatable bonds is 1. The van der Waals surface area contributed by atoms with E-state index in [0.29, 0.717) is 16.8 Å². The molecule has 1 heteroatoms. The van der Waals surface area contributed by atoms with Crippen molar-refractivity contribution in [2.45, 2.75) is 39.7 Å². The molecule has 1 nitrogen and oxygen atoms in total. The molecule has 0 fully saturated rings. The average molecular weight is 266 g/mol. The fraction of sp³-hybridized carbons (Fsp3) is 0.389. The molecule has 0 N–H and O–H groups in total. The summed E-state index contributed by atoms with van der Waals surface area (Å²) in [4.78, 5) is 0. The number of pyridine rings is 1. The minimum Gasteiger partial charge on any atom is -0.201 e. The SMILES string of the molecule is [2H]C([2H])([2H])c1ccc(-c2cc(C(C([2H])([2H])[2H])(C([2H])([2H])[2H])C([2H])([2H])[2H])cc[n+]2C)c(C)c1. The quantitative estimate of drug-likeness (QED) is 0.684. The van der Waals surface area contributed by atoms with Crippen LogP contribution in [0.4, 0.5) is 0 Å². The van der Waals surface area contributed by atoms with E-state index in [1.165, 1.54) is 36.5 Å². The van der Waals surface area contributed by atoms with Crippen molar-refractivity contribution in [3.8, 4) is 11.3 Å². The predicted octanol–water partition coefficient (Wildman–Crippen LogP) is 4.09. The number of benzene rings is 1. The molecule has 0 unspecified atom stereocenters. The number of aryl methyl sites for hydroxylation is 3. The standard InChI is InChI=1S/C18H24N/c1-13-7-8-16(14(2)11-13)17-12-15(18(3,4)5)9-10-19(17)6/h7-12H,1-6H3/q+1/i1D3,3D3,4D3,5D3. The number of nitrogens with zero attached hydrogens (tertiary/aromatic N) is 1. The van der Waals surface area contributed by atoms with E-state index in [4.69, 9.17) is 16.4 Å². The van der Waals surface area contributed by atoms with Crippen LogP contribution >= 0.6 is 0 Å². The van der Waals surface area contributed by atoms with Gasteiger partial charge in [-0.3, -0.25) is 0 Å². The monoisotopic (exact) mass is 266 g/mol. The Hall–Kier alpha value is -1.63. The van der Waals surface area contributed by atoms with Gasteiger partial charge in [0.1, 0.15) is 7.05 Å². The Balaban J connectivity index is 2.87. The Morgan fingerprint density at radius 2 is 1.89 bits per heavy atom. The van der Waals surface area contributed by atoms with Crippen LogP contribution in [0.2, 0.25) is 0 Å². The summed E-state index contributed by atoms with van der Waals surface area (Å²) in [5.74, 6) is 0. The van der Waals surface area contributed by atoms with Gasteiger partial charge in [0.2, 0.25) is 5.69 Å². The molecule has 19 heavy (non-hydrogen) atoms. The lowest BCUT2D eigenvalue weighted by Gasteiger charge is -2.19. The van der Waals surface area contributed by atoms with Crippen molar-refractivity contribution < 1.29 is 21.0 Å². The first-order valence-electron chi connectivity index (χ1n) is 11.9. The maximum Gasteiger partial charge on any atom is 0.212 e. The molecular formula is C18H24N+. The van der Waals surface area contributed by atoms with Gasteiger partial charge in [-0.15, -0.1) is 0 Å². The van der Waals surface area contributed by atoms with Crippen molar-refractivity contribution >= 4 is 0 Å². The van der Waals surface area contributed by atoms with Gasteiger partial charge in [0.15, 0.2) is 6.20 Å². The van der Waals surface area contributed by atoms with E-state index >= 15 is 0 Å². The maximum absolute atomic E-state index is 7.90. The smallest absolute Gasteiger partial charge is 0.201 e. The van der Waals surface area contributed by atoms with Crippen molar-refractivity contribution in [3.63, 3.8) is 0 Å². The average Bonchev–Trinajstić information content (AvgIpc) is 2.52. The summed E-state index contributed by atoms with van der Waals surface area (Å²) in [6, 6.07) is 6.87. The summed E-state index contributed by atoms with van der Waals surface area (Å²) in [5, 5.41) is 0. The third kappa shape index (κ3) is 2.86. The van der Waals surface area contributed by atoms with Crippen LogP contribution in [-0.4, -0.2) is 0 Å². The van der Waals surface area contributed by atoms with Crippen molar-refractivity contribution in [1.82, 2.24) is 0 Å². The van der Waals surface area contributed by atoms with Gasteiger partial charge in [0, 0.05) is 34.1 Å². The van der Waals surface area contributed by atoms with Crippen LogP contribution in [0.1, 0.15) is 53.7 Å². The molecule has 0 spiro atoms. The minimum atomic E-state index is -3.36. The summed E-state index contributed by atoms with van der Waals surface area (Å²) < 4.78 is 95.3. The van der Waals surface area contributed by atoms with Crippen LogP contribution in [0.15, 0.2) is 36.5 Å². The molecule has 100 valence electrons. The molecule has 1 aromatic carbocycles. The third-order valence-electron chi connectivity index (χ3n) is 3.09. The highest BCUT2D eigenvalue weighted by Crippen LogP contribution is 2.27. The molecule has 1 heterocycles. The first-order valence-corrected chi connectivity index (χ1v) is 5.87. The van der Waals surface area contributed by atoms with Gasteiger partial charge < -0.3 is 0 Å². The second-order valence-corrected chi connectivity index (χ2v) is 4.69. The second kappa shape index (κ2) is 4.80. The van der Waals surface area contributed by atoms with Gasteiger partial charge in [-0.1, -0.05) is 38.3 Å². The van der Waals surface area contributed by atoms with Gasteiger partial charge in [-0.25, -0.2) is 4.57 Å². The molecule has 0 aliphatic heterocycles. The van der Waals surface area contributed by atoms with Crippen LogP contribution in [0.25, 0.3) is 11.3 Å². The molecule has 0 bridgehead atoms. The van der Waals surface area contributed by atoms with Crippen LogP contribution in [0.3, 0.4) is 0 Å². The number of hydrogen-bond acceptors (Lipinski definition) is 0. The van der Waals surface area contributed by atoms with E-state index in [0.717, 1.165) is 0 Å². The van der Waals surface area contributed by atoms with Crippen molar-refractivity contribution in [2.75, 3.05) is 0 Å². The van der Waals surface area contributed by atoms with E-state index in [1.54, 1.807) is 18.5 Å². The highest BCUT2D eigenvalue weighted by molar-refractivity contribution is 5.62. The molecule has 0 amide bonds. The maximum atomic E-state index is 7.90. The molecule has 0 saturated carbocycles. The topological polar surface area (TPSA) is 3.88 Å². The van der Waals surface area contributed by atoms with Gasteiger partial charge in [0.25, 0.3) is 0 Å². The normalized spacial score (nSPS) is 23.7. The molecule has 1 aromatic heterocycles. The minimum absolute atomic E-state index is 0.120. The Labute approximate surface area is 133 Å². The number of hydrogen-bond donors (Lipinski definition) is 0. The summed E-state index contributed by atoms with van der Waals surface area (Å²) >= 11 is 0. The van der Waals surface area contributed by atoms with E-state index in [9.17, 15) is 0 Å². The lowest BCUT2D eigenvalue weighted by Crippen LogP contribution is -2.31. The molecule has 0 aliphatic carbocycles.